The Balaban J connectivity index is 1.82. The van der Waals surface area contributed by atoms with Gasteiger partial charge < -0.3 is 4.90 Å². The molecule has 3 rings (SSSR count). The fraction of sp³-hybridized carbons (Fsp3) is 0.158. The Morgan fingerprint density at radius 2 is 1.73 bits per heavy atom. The number of nitrogens with zero attached hydrogens (tertiary/aromatic N) is 3. The molecule has 0 saturated carbocycles. The van der Waals surface area contributed by atoms with Gasteiger partial charge in [0.05, 0.1) is 4.90 Å². The molecule has 1 N–H and O–H groups in total. The number of aromatic nitrogens is 2. The molecule has 0 aliphatic heterocycles. The number of nitrogens with one attached hydrogen (secondary N) is 1. The molecule has 0 spiro atoms. The Morgan fingerprint density at radius 3 is 2.35 bits per heavy atom. The third-order valence-corrected chi connectivity index (χ3v) is 5.22. The van der Waals surface area contributed by atoms with Crippen LogP contribution < -0.4 is 9.62 Å². The Hall–Kier alpha value is -2.93. The highest BCUT2D eigenvalue weighted by Crippen LogP contribution is 2.24. The summed E-state index contributed by atoms with van der Waals surface area (Å²) >= 11 is 0. The molecule has 0 fully saturated rings. The lowest BCUT2D eigenvalue weighted by molar-refractivity contribution is 0.601. The summed E-state index contributed by atoms with van der Waals surface area (Å²) < 4.78 is 27.1. The van der Waals surface area contributed by atoms with Crippen LogP contribution in [0.15, 0.2) is 71.6 Å². The summed E-state index contributed by atoms with van der Waals surface area (Å²) in [6.07, 6.45) is 0. The first-order chi connectivity index (χ1) is 12.5. The van der Waals surface area contributed by atoms with Crippen molar-refractivity contribution in [3.8, 4) is 0 Å². The van der Waals surface area contributed by atoms with E-state index in [-0.39, 0.29) is 10.7 Å². The SMILES string of the molecule is CCN(c1cccc(C)c1)c1ccc(NS(=O)(=O)c2ccccc2)nn1. The van der Waals surface area contributed by atoms with E-state index in [0.717, 1.165) is 11.3 Å². The first kappa shape index (κ1) is 17.9. The molecule has 0 atom stereocenters. The molecular weight excluding hydrogens is 348 g/mol. The highest BCUT2D eigenvalue weighted by molar-refractivity contribution is 7.92. The highest BCUT2D eigenvalue weighted by atomic mass is 32.2. The van der Waals surface area contributed by atoms with Crippen LogP contribution in [-0.4, -0.2) is 25.2 Å². The predicted octanol–water partition coefficient (Wildman–Crippen LogP) is 3.74. The summed E-state index contributed by atoms with van der Waals surface area (Å²) in [6, 6.07) is 19.6. The smallest absolute Gasteiger partial charge is 0.263 e. The fourth-order valence-corrected chi connectivity index (χ4v) is 3.61. The molecule has 1 aromatic heterocycles. The van der Waals surface area contributed by atoms with Crippen molar-refractivity contribution in [2.75, 3.05) is 16.2 Å². The zero-order valence-corrected chi connectivity index (χ0v) is 15.4. The minimum atomic E-state index is -3.68. The maximum atomic E-state index is 12.3. The van der Waals surface area contributed by atoms with Crippen LogP contribution in [0.4, 0.5) is 17.3 Å². The number of benzene rings is 2. The van der Waals surface area contributed by atoms with Gasteiger partial charge in [-0.3, -0.25) is 4.72 Å². The van der Waals surface area contributed by atoms with Crippen LogP contribution in [0, 0.1) is 6.92 Å². The fourth-order valence-electron chi connectivity index (χ4n) is 2.59. The monoisotopic (exact) mass is 368 g/mol. The van der Waals surface area contributed by atoms with Crippen molar-refractivity contribution in [1.29, 1.82) is 0 Å². The molecule has 3 aromatic rings. The van der Waals surface area contributed by atoms with E-state index in [1.165, 1.54) is 12.1 Å². The second kappa shape index (κ2) is 7.53. The van der Waals surface area contributed by atoms with E-state index in [2.05, 4.69) is 21.0 Å². The average molecular weight is 368 g/mol. The molecule has 2 aromatic carbocycles. The first-order valence-corrected chi connectivity index (χ1v) is 9.74. The lowest BCUT2D eigenvalue weighted by Crippen LogP contribution is -2.19. The molecule has 26 heavy (non-hydrogen) atoms. The van der Waals surface area contributed by atoms with Crippen molar-refractivity contribution in [2.24, 2.45) is 0 Å². The number of hydrogen-bond acceptors (Lipinski definition) is 5. The molecule has 0 unspecified atom stereocenters. The van der Waals surface area contributed by atoms with Crippen molar-refractivity contribution in [3.05, 3.63) is 72.3 Å². The number of rotatable bonds is 6. The molecule has 134 valence electrons. The summed E-state index contributed by atoms with van der Waals surface area (Å²) in [5, 5.41) is 8.21. The van der Waals surface area contributed by atoms with Gasteiger partial charge in [0.25, 0.3) is 10.0 Å². The molecular formula is C19H20N4O2S. The van der Waals surface area contributed by atoms with E-state index in [9.17, 15) is 8.42 Å². The van der Waals surface area contributed by atoms with Crippen LogP contribution in [0.1, 0.15) is 12.5 Å². The lowest BCUT2D eigenvalue weighted by atomic mass is 10.2. The van der Waals surface area contributed by atoms with Crippen LogP contribution in [0.5, 0.6) is 0 Å². The van der Waals surface area contributed by atoms with Crippen molar-refractivity contribution < 1.29 is 8.42 Å². The summed E-state index contributed by atoms with van der Waals surface area (Å²) in [7, 11) is -3.68. The Morgan fingerprint density at radius 1 is 0.962 bits per heavy atom. The zero-order chi connectivity index (χ0) is 18.6. The van der Waals surface area contributed by atoms with Crippen molar-refractivity contribution >= 4 is 27.3 Å². The molecule has 0 amide bonds. The predicted molar refractivity (Wildman–Crippen MR) is 103 cm³/mol. The van der Waals surface area contributed by atoms with Crippen LogP contribution in [-0.2, 0) is 10.0 Å². The molecule has 6 nitrogen and oxygen atoms in total. The molecule has 0 bridgehead atoms. The third-order valence-electron chi connectivity index (χ3n) is 3.85. The van der Waals surface area contributed by atoms with E-state index < -0.39 is 10.0 Å². The van der Waals surface area contributed by atoms with Gasteiger partial charge in [-0.05, 0) is 55.8 Å². The van der Waals surface area contributed by atoms with Gasteiger partial charge in [-0.15, -0.1) is 10.2 Å². The summed E-state index contributed by atoms with van der Waals surface area (Å²) in [6.45, 7) is 4.77. The van der Waals surface area contributed by atoms with Gasteiger partial charge in [0, 0.05) is 12.2 Å². The van der Waals surface area contributed by atoms with Gasteiger partial charge in [0.2, 0.25) is 0 Å². The molecule has 0 radical (unpaired) electrons. The maximum Gasteiger partial charge on any atom is 0.263 e. The molecule has 7 heteroatoms. The van der Waals surface area contributed by atoms with Gasteiger partial charge in [0.1, 0.15) is 0 Å². The average Bonchev–Trinajstić information content (AvgIpc) is 2.64. The summed E-state index contributed by atoms with van der Waals surface area (Å²) in [4.78, 5) is 2.19. The standard InChI is InChI=1S/C19H20N4O2S/c1-3-23(16-9-7-8-15(2)14-16)19-13-12-18(20-21-19)22-26(24,25)17-10-5-4-6-11-17/h4-14H,3H2,1-2H3,(H,20,22). The molecule has 1 heterocycles. The van der Waals surface area contributed by atoms with Crippen LogP contribution in [0.2, 0.25) is 0 Å². The summed E-state index contributed by atoms with van der Waals surface area (Å²) in [5.74, 6) is 0.832. The van der Waals surface area contributed by atoms with Gasteiger partial charge >= 0.3 is 0 Å². The van der Waals surface area contributed by atoms with Crippen LogP contribution in [0.25, 0.3) is 0 Å². The lowest BCUT2D eigenvalue weighted by Gasteiger charge is -2.22. The van der Waals surface area contributed by atoms with Gasteiger partial charge in [-0.1, -0.05) is 30.3 Å². The number of aryl methyl sites for hydroxylation is 1. The van der Waals surface area contributed by atoms with E-state index >= 15 is 0 Å². The Kier molecular flexibility index (Phi) is 5.18. The minimum absolute atomic E-state index is 0.179. The zero-order valence-electron chi connectivity index (χ0n) is 14.6. The number of anilines is 3. The second-order valence-corrected chi connectivity index (χ2v) is 7.46. The first-order valence-electron chi connectivity index (χ1n) is 8.25. The molecule has 0 aliphatic carbocycles. The van der Waals surface area contributed by atoms with Crippen molar-refractivity contribution in [2.45, 2.75) is 18.7 Å². The highest BCUT2D eigenvalue weighted by Gasteiger charge is 2.15. The van der Waals surface area contributed by atoms with E-state index in [1.807, 2.05) is 36.9 Å². The number of sulfonamides is 1. The summed E-state index contributed by atoms with van der Waals surface area (Å²) in [5.41, 5.74) is 2.17. The van der Waals surface area contributed by atoms with Gasteiger partial charge in [0.15, 0.2) is 11.6 Å². The normalized spacial score (nSPS) is 11.2. The maximum absolute atomic E-state index is 12.3. The van der Waals surface area contributed by atoms with E-state index in [0.29, 0.717) is 12.4 Å². The van der Waals surface area contributed by atoms with Gasteiger partial charge in [-0.2, -0.15) is 0 Å². The second-order valence-electron chi connectivity index (χ2n) is 5.78. The van der Waals surface area contributed by atoms with Gasteiger partial charge in [-0.25, -0.2) is 8.42 Å². The van der Waals surface area contributed by atoms with E-state index in [1.54, 1.807) is 30.3 Å². The van der Waals surface area contributed by atoms with Crippen molar-refractivity contribution in [3.63, 3.8) is 0 Å². The van der Waals surface area contributed by atoms with Crippen molar-refractivity contribution in [1.82, 2.24) is 10.2 Å². The Labute approximate surface area is 153 Å². The molecule has 0 aliphatic rings. The minimum Gasteiger partial charge on any atom is -0.325 e. The molecule has 0 saturated heterocycles. The topological polar surface area (TPSA) is 75.2 Å². The quantitative estimate of drug-likeness (QED) is 0.717. The van der Waals surface area contributed by atoms with E-state index in [4.69, 9.17) is 0 Å². The Bertz CT molecular complexity index is 974. The van der Waals surface area contributed by atoms with Crippen LogP contribution in [0.3, 0.4) is 0 Å². The third kappa shape index (κ3) is 4.00. The largest absolute Gasteiger partial charge is 0.325 e. The van der Waals surface area contributed by atoms with Crippen LogP contribution >= 0.6 is 0 Å². The number of hydrogen-bond donors (Lipinski definition) is 1.